The predicted molar refractivity (Wildman–Crippen MR) is 87.8 cm³/mol. The Labute approximate surface area is 145 Å². The van der Waals surface area contributed by atoms with Crippen LogP contribution in [0.3, 0.4) is 0 Å². The van der Waals surface area contributed by atoms with Crippen LogP contribution in [-0.4, -0.2) is 24.8 Å². The van der Waals surface area contributed by atoms with Crippen molar-refractivity contribution in [3.05, 3.63) is 70.2 Å². The second-order valence-corrected chi connectivity index (χ2v) is 5.76. The van der Waals surface area contributed by atoms with Crippen LogP contribution in [0.5, 0.6) is 0 Å². The van der Waals surface area contributed by atoms with Gasteiger partial charge in [0.05, 0.1) is 12.1 Å². The molecule has 0 aliphatic carbocycles. The molecule has 1 atom stereocenters. The molecule has 2 rings (SSSR count). The number of ether oxygens (including phenoxy) is 1. The van der Waals surface area contributed by atoms with E-state index in [1.807, 2.05) is 0 Å². The summed E-state index contributed by atoms with van der Waals surface area (Å²) in [7, 11) is 0. The fourth-order valence-corrected chi connectivity index (χ4v) is 2.38. The summed E-state index contributed by atoms with van der Waals surface area (Å²) >= 11 is 3.26. The Kier molecular flexibility index (Phi) is 6.43. The fourth-order valence-electron chi connectivity index (χ4n) is 1.96. The molecule has 0 aliphatic heterocycles. The molecule has 1 unspecified atom stereocenters. The van der Waals surface area contributed by atoms with Gasteiger partial charge in [0.2, 0.25) is 6.10 Å². The molecule has 0 aliphatic rings. The van der Waals surface area contributed by atoms with Crippen LogP contribution in [0.4, 0.5) is 8.78 Å². The number of nitrogens with one attached hydrogen (secondary N) is 1. The van der Waals surface area contributed by atoms with Crippen LogP contribution in [0.15, 0.2) is 59.1 Å². The monoisotopic (exact) mass is 397 g/mol. The third-order valence-corrected chi connectivity index (χ3v) is 3.55. The van der Waals surface area contributed by atoms with Gasteiger partial charge in [-0.05, 0) is 24.3 Å². The molecule has 1 N–H and O–H groups in total. The van der Waals surface area contributed by atoms with Crippen molar-refractivity contribution in [1.82, 2.24) is 5.32 Å². The highest BCUT2D eigenvalue weighted by atomic mass is 79.9. The van der Waals surface area contributed by atoms with E-state index in [0.29, 0.717) is 10.0 Å². The Morgan fingerprint density at radius 1 is 1.08 bits per heavy atom. The van der Waals surface area contributed by atoms with E-state index in [1.165, 1.54) is 12.1 Å². The Balaban J connectivity index is 2.22. The first-order valence-electron chi connectivity index (χ1n) is 7.04. The van der Waals surface area contributed by atoms with Gasteiger partial charge in [-0.1, -0.05) is 46.3 Å². The first-order chi connectivity index (χ1) is 11.5. The minimum atomic E-state index is -2.69. The topological polar surface area (TPSA) is 55.4 Å². The number of rotatable bonds is 6. The summed E-state index contributed by atoms with van der Waals surface area (Å²) in [5, 5.41) is 2.08. The second kappa shape index (κ2) is 8.54. The SMILES string of the molecule is O=C(OC(C(=O)NCC(F)F)c1cccc(Br)c1)c1ccccc1. The first-order valence-corrected chi connectivity index (χ1v) is 7.84. The number of carbonyl (C=O) groups excluding carboxylic acids is 2. The van der Waals surface area contributed by atoms with E-state index < -0.39 is 31.0 Å². The van der Waals surface area contributed by atoms with Gasteiger partial charge in [0.1, 0.15) is 0 Å². The van der Waals surface area contributed by atoms with Crippen LogP contribution in [0.2, 0.25) is 0 Å². The van der Waals surface area contributed by atoms with Crippen LogP contribution < -0.4 is 5.32 Å². The maximum Gasteiger partial charge on any atom is 0.339 e. The van der Waals surface area contributed by atoms with Crippen molar-refractivity contribution < 1.29 is 23.1 Å². The summed E-state index contributed by atoms with van der Waals surface area (Å²) in [6.07, 6.45) is -4.02. The molecule has 7 heteroatoms. The highest BCUT2D eigenvalue weighted by Gasteiger charge is 2.26. The summed E-state index contributed by atoms with van der Waals surface area (Å²) in [5.74, 6) is -1.52. The van der Waals surface area contributed by atoms with Crippen LogP contribution in [0, 0.1) is 0 Å². The number of halogens is 3. The smallest absolute Gasteiger partial charge is 0.339 e. The van der Waals surface area contributed by atoms with Crippen molar-refractivity contribution in [2.45, 2.75) is 12.5 Å². The third-order valence-electron chi connectivity index (χ3n) is 3.05. The lowest BCUT2D eigenvalue weighted by Crippen LogP contribution is -2.35. The number of carbonyl (C=O) groups is 2. The van der Waals surface area contributed by atoms with Crippen molar-refractivity contribution in [3.63, 3.8) is 0 Å². The Morgan fingerprint density at radius 2 is 1.79 bits per heavy atom. The van der Waals surface area contributed by atoms with E-state index >= 15 is 0 Å². The summed E-state index contributed by atoms with van der Waals surface area (Å²) in [5.41, 5.74) is 0.638. The Hall–Kier alpha value is -2.28. The highest BCUT2D eigenvalue weighted by Crippen LogP contribution is 2.23. The molecule has 2 aromatic carbocycles. The number of alkyl halides is 2. The molecule has 0 spiro atoms. The fraction of sp³-hybridized carbons (Fsp3) is 0.176. The molecule has 0 bridgehead atoms. The Morgan fingerprint density at radius 3 is 2.42 bits per heavy atom. The van der Waals surface area contributed by atoms with Gasteiger partial charge in [-0.25, -0.2) is 13.6 Å². The molecule has 4 nitrogen and oxygen atoms in total. The maximum atomic E-state index is 12.3. The number of esters is 1. The van der Waals surface area contributed by atoms with Gasteiger partial charge in [-0.2, -0.15) is 0 Å². The van der Waals surface area contributed by atoms with Crippen LogP contribution >= 0.6 is 15.9 Å². The molecule has 0 radical (unpaired) electrons. The lowest BCUT2D eigenvalue weighted by Gasteiger charge is -2.18. The summed E-state index contributed by atoms with van der Waals surface area (Å²) in [6.45, 7) is -0.813. The quantitative estimate of drug-likeness (QED) is 0.755. The highest BCUT2D eigenvalue weighted by molar-refractivity contribution is 9.10. The second-order valence-electron chi connectivity index (χ2n) is 4.84. The molecular weight excluding hydrogens is 384 g/mol. The van der Waals surface area contributed by atoms with Gasteiger partial charge in [-0.3, -0.25) is 4.79 Å². The van der Waals surface area contributed by atoms with Gasteiger partial charge in [0.15, 0.2) is 0 Å². The van der Waals surface area contributed by atoms with E-state index in [2.05, 4.69) is 21.2 Å². The van der Waals surface area contributed by atoms with Crippen LogP contribution in [-0.2, 0) is 9.53 Å². The van der Waals surface area contributed by atoms with Crippen LogP contribution in [0.1, 0.15) is 22.0 Å². The van der Waals surface area contributed by atoms with Crippen molar-refractivity contribution in [3.8, 4) is 0 Å². The average Bonchev–Trinajstić information content (AvgIpc) is 2.58. The lowest BCUT2D eigenvalue weighted by molar-refractivity contribution is -0.131. The van der Waals surface area contributed by atoms with Gasteiger partial charge < -0.3 is 10.1 Å². The molecule has 0 aromatic heterocycles. The number of benzene rings is 2. The van der Waals surface area contributed by atoms with Crippen molar-refractivity contribution in [2.24, 2.45) is 0 Å². The molecule has 0 fully saturated rings. The van der Waals surface area contributed by atoms with E-state index in [0.717, 1.165) is 0 Å². The zero-order valence-corrected chi connectivity index (χ0v) is 14.0. The number of amides is 1. The van der Waals surface area contributed by atoms with Crippen LogP contribution in [0.25, 0.3) is 0 Å². The number of hydrogen-bond donors (Lipinski definition) is 1. The zero-order chi connectivity index (χ0) is 17.5. The van der Waals surface area contributed by atoms with E-state index in [9.17, 15) is 18.4 Å². The van der Waals surface area contributed by atoms with Crippen molar-refractivity contribution >= 4 is 27.8 Å². The summed E-state index contributed by atoms with van der Waals surface area (Å²) < 4.78 is 30.6. The van der Waals surface area contributed by atoms with E-state index in [-0.39, 0.29) is 5.56 Å². The standard InChI is InChI=1S/C17H14BrF2NO3/c18-13-8-4-7-12(9-13)15(16(22)21-10-14(19)20)24-17(23)11-5-2-1-3-6-11/h1-9,14-15H,10H2,(H,21,22). The van der Waals surface area contributed by atoms with Gasteiger partial charge in [0, 0.05) is 10.0 Å². The molecule has 126 valence electrons. The molecule has 0 heterocycles. The minimum absolute atomic E-state index is 0.263. The lowest BCUT2D eigenvalue weighted by atomic mass is 10.1. The van der Waals surface area contributed by atoms with E-state index in [4.69, 9.17) is 4.74 Å². The van der Waals surface area contributed by atoms with Crippen molar-refractivity contribution in [1.29, 1.82) is 0 Å². The summed E-state index contributed by atoms with van der Waals surface area (Å²) in [4.78, 5) is 24.4. The summed E-state index contributed by atoms with van der Waals surface area (Å²) in [6, 6.07) is 14.7. The Bertz CT molecular complexity index is 710. The zero-order valence-electron chi connectivity index (χ0n) is 12.4. The minimum Gasteiger partial charge on any atom is -0.444 e. The van der Waals surface area contributed by atoms with E-state index in [1.54, 1.807) is 42.5 Å². The molecule has 0 saturated carbocycles. The number of hydrogen-bond acceptors (Lipinski definition) is 3. The molecule has 24 heavy (non-hydrogen) atoms. The molecule has 1 amide bonds. The van der Waals surface area contributed by atoms with Gasteiger partial charge in [0.25, 0.3) is 12.3 Å². The largest absolute Gasteiger partial charge is 0.444 e. The molecule has 0 saturated heterocycles. The van der Waals surface area contributed by atoms with Gasteiger partial charge >= 0.3 is 5.97 Å². The predicted octanol–water partition coefficient (Wildman–Crippen LogP) is 3.73. The molecular formula is C17H14BrF2NO3. The van der Waals surface area contributed by atoms with Crippen molar-refractivity contribution in [2.75, 3.05) is 6.54 Å². The normalized spacial score (nSPS) is 11.8. The first kappa shape index (κ1) is 18.1. The average molecular weight is 398 g/mol. The molecule has 2 aromatic rings. The maximum absolute atomic E-state index is 12.3. The third kappa shape index (κ3) is 5.13. The van der Waals surface area contributed by atoms with Gasteiger partial charge in [-0.15, -0.1) is 0 Å².